The average molecular weight is 174 g/mol. The predicted octanol–water partition coefficient (Wildman–Crippen LogP) is 1.55. The average Bonchev–Trinajstić information content (AvgIpc) is 2.70. The summed E-state index contributed by atoms with van der Waals surface area (Å²) in [4.78, 5) is 18.2. The molecular weight excluding hydrogens is 168 g/mol. The summed E-state index contributed by atoms with van der Waals surface area (Å²) in [6.07, 6.45) is 6.72. The van der Waals surface area contributed by atoms with Crippen LogP contribution in [0.4, 0.5) is 0 Å². The first kappa shape index (κ1) is 7.67. The molecule has 2 aromatic rings. The quantitative estimate of drug-likeness (QED) is 0.648. The lowest BCUT2D eigenvalue weighted by molar-refractivity contribution is 0.112. The molecule has 0 aliphatic heterocycles. The summed E-state index contributed by atoms with van der Waals surface area (Å²) in [5.74, 6) is 0.574. The van der Waals surface area contributed by atoms with Crippen molar-refractivity contribution in [3.05, 3.63) is 36.6 Å². The fourth-order valence-corrected chi connectivity index (χ4v) is 1.07. The highest BCUT2D eigenvalue weighted by atomic mass is 16.3. The summed E-state index contributed by atoms with van der Waals surface area (Å²) < 4.78 is 5.06. The fraction of sp³-hybridized carbons (Fsp3) is 0. The van der Waals surface area contributed by atoms with Crippen LogP contribution in [0.25, 0.3) is 11.3 Å². The Labute approximate surface area is 74.2 Å². The molecule has 2 heterocycles. The van der Waals surface area contributed by atoms with Gasteiger partial charge in [0.1, 0.15) is 0 Å². The molecule has 0 atom stereocenters. The van der Waals surface area contributed by atoms with Gasteiger partial charge in [0.15, 0.2) is 18.4 Å². The minimum absolute atomic E-state index is 0.499. The Kier molecular flexibility index (Phi) is 1.88. The zero-order chi connectivity index (χ0) is 9.10. The van der Waals surface area contributed by atoms with Gasteiger partial charge in [0.25, 0.3) is 0 Å². The minimum atomic E-state index is 0.499. The van der Waals surface area contributed by atoms with Gasteiger partial charge >= 0.3 is 0 Å². The summed E-state index contributed by atoms with van der Waals surface area (Å²) in [6.45, 7) is 0. The topological polar surface area (TPSA) is 56.0 Å². The van der Waals surface area contributed by atoms with Crippen molar-refractivity contribution in [3.8, 4) is 11.3 Å². The molecule has 0 fully saturated rings. The van der Waals surface area contributed by atoms with Crippen molar-refractivity contribution in [3.63, 3.8) is 0 Å². The van der Waals surface area contributed by atoms with Crippen LogP contribution in [0.2, 0.25) is 0 Å². The van der Waals surface area contributed by atoms with Crippen molar-refractivity contribution in [2.75, 3.05) is 0 Å². The summed E-state index contributed by atoms with van der Waals surface area (Å²) in [5.41, 5.74) is 1.21. The second-order valence-corrected chi connectivity index (χ2v) is 2.45. The van der Waals surface area contributed by atoms with E-state index in [9.17, 15) is 4.79 Å². The van der Waals surface area contributed by atoms with E-state index in [2.05, 4.69) is 9.97 Å². The van der Waals surface area contributed by atoms with E-state index < -0.39 is 0 Å². The highest BCUT2D eigenvalue weighted by Gasteiger charge is 2.06. The molecule has 0 aliphatic rings. The Morgan fingerprint density at radius 2 is 2.23 bits per heavy atom. The second-order valence-electron chi connectivity index (χ2n) is 2.45. The molecule has 13 heavy (non-hydrogen) atoms. The Bertz CT molecular complexity index is 409. The molecular formula is C9H6N2O2. The third-order valence-electron chi connectivity index (χ3n) is 1.68. The lowest BCUT2D eigenvalue weighted by Gasteiger charge is -1.97. The van der Waals surface area contributed by atoms with E-state index in [-0.39, 0.29) is 0 Å². The molecule has 0 unspecified atom stereocenters. The second kappa shape index (κ2) is 3.18. The lowest BCUT2D eigenvalue weighted by atomic mass is 10.1. The van der Waals surface area contributed by atoms with Crippen LogP contribution in [-0.4, -0.2) is 16.3 Å². The van der Waals surface area contributed by atoms with Gasteiger partial charge in [0.2, 0.25) is 0 Å². The summed E-state index contributed by atoms with van der Waals surface area (Å²) in [6, 6.07) is 1.71. The molecule has 0 aromatic carbocycles. The Morgan fingerprint density at radius 3 is 2.92 bits per heavy atom. The maximum atomic E-state index is 10.6. The largest absolute Gasteiger partial charge is 0.443 e. The first-order valence-electron chi connectivity index (χ1n) is 3.70. The van der Waals surface area contributed by atoms with Gasteiger partial charge in [0, 0.05) is 23.5 Å². The van der Waals surface area contributed by atoms with E-state index in [0.717, 1.165) is 6.29 Å². The number of carbonyl (C=O) groups excluding carboxylic acids is 1. The molecule has 0 saturated heterocycles. The molecule has 0 aliphatic carbocycles. The standard InChI is InChI=1S/C9H6N2O2/c12-5-7-3-10-2-1-8(7)9-4-11-6-13-9/h1-6H. The molecule has 0 radical (unpaired) electrons. The van der Waals surface area contributed by atoms with Crippen molar-refractivity contribution in [1.29, 1.82) is 0 Å². The number of hydrogen-bond acceptors (Lipinski definition) is 4. The van der Waals surface area contributed by atoms with Crippen LogP contribution in [-0.2, 0) is 0 Å². The van der Waals surface area contributed by atoms with E-state index in [1.54, 1.807) is 18.5 Å². The first-order chi connectivity index (χ1) is 6.42. The molecule has 0 saturated carbocycles. The third-order valence-corrected chi connectivity index (χ3v) is 1.68. The summed E-state index contributed by atoms with van der Waals surface area (Å²) in [7, 11) is 0. The molecule has 4 heteroatoms. The summed E-state index contributed by atoms with van der Waals surface area (Å²) in [5, 5.41) is 0. The summed E-state index contributed by atoms with van der Waals surface area (Å²) >= 11 is 0. The van der Waals surface area contributed by atoms with Gasteiger partial charge in [-0.15, -0.1) is 0 Å². The normalized spacial score (nSPS) is 9.85. The number of aromatic nitrogens is 2. The van der Waals surface area contributed by atoms with Crippen molar-refractivity contribution < 1.29 is 9.21 Å². The molecule has 0 amide bonds. The van der Waals surface area contributed by atoms with Crippen LogP contribution in [0, 0.1) is 0 Å². The zero-order valence-electron chi connectivity index (χ0n) is 6.68. The van der Waals surface area contributed by atoms with E-state index in [1.807, 2.05) is 0 Å². The Hall–Kier alpha value is -1.97. The van der Waals surface area contributed by atoms with E-state index in [1.165, 1.54) is 12.6 Å². The minimum Gasteiger partial charge on any atom is -0.443 e. The molecule has 64 valence electrons. The number of rotatable bonds is 2. The molecule has 4 nitrogen and oxygen atoms in total. The van der Waals surface area contributed by atoms with Crippen LogP contribution in [0.1, 0.15) is 10.4 Å². The van der Waals surface area contributed by atoms with Crippen LogP contribution in [0.15, 0.2) is 35.5 Å². The smallest absolute Gasteiger partial charge is 0.181 e. The van der Waals surface area contributed by atoms with Crippen molar-refractivity contribution in [2.45, 2.75) is 0 Å². The van der Waals surface area contributed by atoms with Crippen LogP contribution in [0.5, 0.6) is 0 Å². The molecule has 2 rings (SSSR count). The number of carbonyl (C=O) groups is 1. The van der Waals surface area contributed by atoms with Crippen molar-refractivity contribution >= 4 is 6.29 Å². The van der Waals surface area contributed by atoms with E-state index in [0.29, 0.717) is 16.9 Å². The van der Waals surface area contributed by atoms with Gasteiger partial charge in [-0.05, 0) is 6.07 Å². The maximum absolute atomic E-state index is 10.6. The van der Waals surface area contributed by atoms with Crippen molar-refractivity contribution in [1.82, 2.24) is 9.97 Å². The van der Waals surface area contributed by atoms with E-state index in [4.69, 9.17) is 4.42 Å². The number of nitrogens with zero attached hydrogens (tertiary/aromatic N) is 2. The fourth-order valence-electron chi connectivity index (χ4n) is 1.07. The van der Waals surface area contributed by atoms with Crippen LogP contribution < -0.4 is 0 Å². The lowest BCUT2D eigenvalue weighted by Crippen LogP contribution is -1.86. The van der Waals surface area contributed by atoms with Gasteiger partial charge in [0.05, 0.1) is 6.20 Å². The van der Waals surface area contributed by atoms with Gasteiger partial charge in [-0.3, -0.25) is 9.78 Å². The maximum Gasteiger partial charge on any atom is 0.181 e. The number of hydrogen-bond donors (Lipinski definition) is 0. The SMILES string of the molecule is O=Cc1cnccc1-c1cnco1. The van der Waals surface area contributed by atoms with Gasteiger partial charge in [-0.1, -0.05) is 0 Å². The molecule has 0 bridgehead atoms. The Morgan fingerprint density at radius 1 is 1.31 bits per heavy atom. The highest BCUT2D eigenvalue weighted by Crippen LogP contribution is 2.20. The number of aldehydes is 1. The molecule has 2 aromatic heterocycles. The Balaban J connectivity index is 2.57. The molecule has 0 spiro atoms. The van der Waals surface area contributed by atoms with Crippen LogP contribution in [0.3, 0.4) is 0 Å². The predicted molar refractivity (Wildman–Crippen MR) is 45.1 cm³/mol. The number of oxazole rings is 1. The zero-order valence-corrected chi connectivity index (χ0v) is 6.68. The van der Waals surface area contributed by atoms with Crippen LogP contribution >= 0.6 is 0 Å². The van der Waals surface area contributed by atoms with Gasteiger partial charge in [-0.25, -0.2) is 4.98 Å². The number of pyridine rings is 1. The monoisotopic (exact) mass is 174 g/mol. The van der Waals surface area contributed by atoms with E-state index >= 15 is 0 Å². The highest BCUT2D eigenvalue weighted by molar-refractivity contribution is 5.85. The van der Waals surface area contributed by atoms with Gasteiger partial charge in [-0.2, -0.15) is 0 Å². The third kappa shape index (κ3) is 1.33. The van der Waals surface area contributed by atoms with Gasteiger partial charge < -0.3 is 4.42 Å². The first-order valence-corrected chi connectivity index (χ1v) is 3.70. The molecule has 0 N–H and O–H groups in total. The van der Waals surface area contributed by atoms with Crippen molar-refractivity contribution in [2.24, 2.45) is 0 Å².